The van der Waals surface area contributed by atoms with Gasteiger partial charge in [-0.2, -0.15) is 0 Å². The molecule has 2 nitrogen and oxygen atoms in total. The fourth-order valence-corrected chi connectivity index (χ4v) is 2.91. The monoisotopic (exact) mass is 299 g/mol. The molecule has 0 aliphatic heterocycles. The molecule has 2 heteroatoms. The van der Waals surface area contributed by atoms with E-state index in [0.29, 0.717) is 0 Å². The van der Waals surface area contributed by atoms with E-state index in [-0.39, 0.29) is 0 Å². The highest BCUT2D eigenvalue weighted by molar-refractivity contribution is 6.10. The lowest BCUT2D eigenvalue weighted by atomic mass is 10.0. The SMILES string of the molecule is Cc1ccc2c(oc3ccccc32)c1[C-]=[N+](C)c1ccccc1. The van der Waals surface area contributed by atoms with Crippen LogP contribution >= 0.6 is 0 Å². The van der Waals surface area contributed by atoms with Gasteiger partial charge in [-0.05, 0) is 29.1 Å². The molecule has 0 bridgehead atoms. The van der Waals surface area contributed by atoms with Gasteiger partial charge in [0.2, 0.25) is 0 Å². The van der Waals surface area contributed by atoms with Crippen molar-refractivity contribution >= 4 is 33.8 Å². The molecule has 1 aromatic heterocycles. The Labute approximate surface area is 135 Å². The Morgan fingerprint density at radius 1 is 0.826 bits per heavy atom. The van der Waals surface area contributed by atoms with E-state index in [1.807, 2.05) is 48.0 Å². The molecule has 1 heterocycles. The van der Waals surface area contributed by atoms with Crippen molar-refractivity contribution in [1.82, 2.24) is 0 Å². The number of hydrogen-bond donors (Lipinski definition) is 0. The van der Waals surface area contributed by atoms with Crippen molar-refractivity contribution < 1.29 is 8.99 Å². The lowest BCUT2D eigenvalue weighted by Gasteiger charge is -2.08. The predicted octanol–water partition coefficient (Wildman–Crippen LogP) is 5.16. The number of benzene rings is 3. The molecule has 0 saturated heterocycles. The molecule has 0 spiro atoms. The second-order valence-corrected chi connectivity index (χ2v) is 5.74. The summed E-state index contributed by atoms with van der Waals surface area (Å²) in [5.41, 5.74) is 5.07. The fraction of sp³-hybridized carbons (Fsp3) is 0.0952. The van der Waals surface area contributed by atoms with Crippen LogP contribution in [0.2, 0.25) is 0 Å². The van der Waals surface area contributed by atoms with Crippen LogP contribution in [0.1, 0.15) is 11.1 Å². The molecule has 0 atom stereocenters. The van der Waals surface area contributed by atoms with Crippen LogP contribution in [0, 0.1) is 6.92 Å². The van der Waals surface area contributed by atoms with E-state index in [4.69, 9.17) is 4.42 Å². The van der Waals surface area contributed by atoms with E-state index in [0.717, 1.165) is 38.8 Å². The van der Waals surface area contributed by atoms with E-state index >= 15 is 0 Å². The van der Waals surface area contributed by atoms with Crippen LogP contribution in [0.25, 0.3) is 21.9 Å². The molecular formula is C21H17NO. The third-order valence-corrected chi connectivity index (χ3v) is 4.18. The molecule has 0 N–H and O–H groups in total. The molecular weight excluding hydrogens is 282 g/mol. The Hall–Kier alpha value is -2.87. The van der Waals surface area contributed by atoms with E-state index in [1.54, 1.807) is 0 Å². The van der Waals surface area contributed by atoms with E-state index in [9.17, 15) is 0 Å². The Morgan fingerprint density at radius 2 is 1.57 bits per heavy atom. The largest absolute Gasteiger partial charge is 0.500 e. The standard InChI is InChI=1S/C21H17NO/c1-15-12-13-18-17-10-6-7-11-20(17)23-21(18)19(15)14-22(2)16-8-4-3-5-9-16/h3-13H,1-2H3. The quantitative estimate of drug-likeness (QED) is 0.283. The highest BCUT2D eigenvalue weighted by atomic mass is 16.3. The second-order valence-electron chi connectivity index (χ2n) is 5.74. The summed E-state index contributed by atoms with van der Waals surface area (Å²) in [5, 5.41) is 2.28. The predicted molar refractivity (Wildman–Crippen MR) is 94.9 cm³/mol. The first-order valence-electron chi connectivity index (χ1n) is 7.70. The van der Waals surface area contributed by atoms with Gasteiger partial charge in [-0.3, -0.25) is 4.58 Å². The highest BCUT2D eigenvalue weighted by Gasteiger charge is 2.09. The van der Waals surface area contributed by atoms with Crippen LogP contribution in [-0.2, 0) is 0 Å². The maximum absolute atomic E-state index is 6.11. The molecule has 0 saturated carbocycles. The van der Waals surface area contributed by atoms with Crippen molar-refractivity contribution in [2.24, 2.45) is 0 Å². The van der Waals surface area contributed by atoms with Crippen LogP contribution in [0.5, 0.6) is 0 Å². The lowest BCUT2D eigenvalue weighted by molar-refractivity contribution is -0.399. The van der Waals surface area contributed by atoms with Gasteiger partial charge >= 0.3 is 0 Å². The van der Waals surface area contributed by atoms with Gasteiger partial charge in [0.15, 0.2) is 6.21 Å². The Balaban J connectivity index is 1.97. The van der Waals surface area contributed by atoms with E-state index in [1.165, 1.54) is 0 Å². The van der Waals surface area contributed by atoms with Gasteiger partial charge in [0.05, 0.1) is 5.58 Å². The Morgan fingerprint density at radius 3 is 2.39 bits per heavy atom. The second kappa shape index (κ2) is 5.40. The number of para-hydroxylation sites is 2. The molecule has 0 fully saturated rings. The summed E-state index contributed by atoms with van der Waals surface area (Å²) in [6, 6.07) is 22.6. The minimum atomic E-state index is 0.897. The Kier molecular flexibility index (Phi) is 3.23. The molecule has 3 aromatic carbocycles. The Bertz CT molecular complexity index is 1030. The molecule has 4 aromatic rings. The molecule has 23 heavy (non-hydrogen) atoms. The van der Waals surface area contributed by atoms with Crippen LogP contribution < -0.4 is 0 Å². The van der Waals surface area contributed by atoms with E-state index in [2.05, 4.69) is 43.5 Å². The average Bonchev–Trinajstić information content (AvgIpc) is 2.97. The molecule has 0 aliphatic rings. The average molecular weight is 299 g/mol. The van der Waals surface area contributed by atoms with Crippen LogP contribution in [0.15, 0.2) is 71.1 Å². The molecule has 0 radical (unpaired) electrons. The minimum Gasteiger partial charge on any atom is -0.500 e. The molecule has 4 rings (SSSR count). The number of nitrogens with zero attached hydrogens (tertiary/aromatic N) is 1. The smallest absolute Gasteiger partial charge is 0.157 e. The van der Waals surface area contributed by atoms with Crippen LogP contribution in [0.3, 0.4) is 0 Å². The van der Waals surface area contributed by atoms with Crippen molar-refractivity contribution in [1.29, 1.82) is 0 Å². The first-order valence-corrected chi connectivity index (χ1v) is 7.70. The van der Waals surface area contributed by atoms with Crippen LogP contribution in [-0.4, -0.2) is 17.8 Å². The van der Waals surface area contributed by atoms with Gasteiger partial charge < -0.3 is 4.42 Å². The van der Waals surface area contributed by atoms with Gasteiger partial charge in [-0.15, -0.1) is 11.6 Å². The van der Waals surface area contributed by atoms with Gasteiger partial charge in [-0.1, -0.05) is 49.4 Å². The number of rotatable bonds is 2. The van der Waals surface area contributed by atoms with Gasteiger partial charge in [0.1, 0.15) is 18.3 Å². The fourth-order valence-electron chi connectivity index (χ4n) is 2.91. The minimum absolute atomic E-state index is 0.897. The zero-order chi connectivity index (χ0) is 15.8. The number of fused-ring (bicyclic) bond motifs is 3. The molecule has 0 amide bonds. The maximum Gasteiger partial charge on any atom is 0.157 e. The summed E-state index contributed by atoms with van der Waals surface area (Å²) in [5.74, 6) is 0. The first kappa shape index (κ1) is 13.8. The third kappa shape index (κ3) is 2.33. The lowest BCUT2D eigenvalue weighted by Crippen LogP contribution is -2.02. The molecule has 112 valence electrons. The summed E-state index contributed by atoms with van der Waals surface area (Å²) >= 11 is 0. The van der Waals surface area contributed by atoms with Crippen molar-refractivity contribution in [2.75, 3.05) is 7.05 Å². The maximum atomic E-state index is 6.11. The highest BCUT2D eigenvalue weighted by Crippen LogP contribution is 2.31. The zero-order valence-electron chi connectivity index (χ0n) is 13.2. The summed E-state index contributed by atoms with van der Waals surface area (Å²) in [7, 11) is 2.01. The van der Waals surface area contributed by atoms with Gasteiger partial charge in [0, 0.05) is 5.39 Å². The van der Waals surface area contributed by atoms with Crippen molar-refractivity contribution in [3.05, 3.63) is 77.9 Å². The summed E-state index contributed by atoms with van der Waals surface area (Å²) in [4.78, 5) is 0. The summed E-state index contributed by atoms with van der Waals surface area (Å²) in [6.07, 6.45) is 3.47. The summed E-state index contributed by atoms with van der Waals surface area (Å²) < 4.78 is 8.12. The number of hydrogen-bond acceptors (Lipinski definition) is 1. The number of aryl methyl sites for hydroxylation is 1. The van der Waals surface area contributed by atoms with Crippen molar-refractivity contribution in [3.8, 4) is 0 Å². The number of furan rings is 1. The summed E-state index contributed by atoms with van der Waals surface area (Å²) in [6.45, 7) is 2.09. The zero-order valence-corrected chi connectivity index (χ0v) is 13.2. The molecule has 0 unspecified atom stereocenters. The van der Waals surface area contributed by atoms with Crippen LogP contribution in [0.4, 0.5) is 5.69 Å². The first-order chi connectivity index (χ1) is 11.2. The van der Waals surface area contributed by atoms with Gasteiger partial charge in [-0.25, -0.2) is 0 Å². The van der Waals surface area contributed by atoms with Crippen molar-refractivity contribution in [2.45, 2.75) is 6.92 Å². The van der Waals surface area contributed by atoms with E-state index < -0.39 is 0 Å². The third-order valence-electron chi connectivity index (χ3n) is 4.18. The van der Waals surface area contributed by atoms with Crippen molar-refractivity contribution in [3.63, 3.8) is 0 Å². The van der Waals surface area contributed by atoms with Gasteiger partial charge in [0.25, 0.3) is 0 Å². The molecule has 0 aliphatic carbocycles. The topological polar surface area (TPSA) is 16.1 Å². The normalized spacial score (nSPS) is 12.2.